The van der Waals surface area contributed by atoms with Gasteiger partial charge in [0.25, 0.3) is 0 Å². The van der Waals surface area contributed by atoms with Gasteiger partial charge in [-0.15, -0.1) is 0 Å². The number of hydrogen-bond acceptors (Lipinski definition) is 7. The van der Waals surface area contributed by atoms with Gasteiger partial charge >= 0.3 is 19.8 Å². The number of rotatable bonds is 38. The first kappa shape index (κ1) is 51.2. The summed E-state index contributed by atoms with van der Waals surface area (Å²) in [5.74, 6) is -0.825. The van der Waals surface area contributed by atoms with E-state index in [4.69, 9.17) is 18.5 Å². The monoisotopic (exact) mass is 771 g/mol. The maximum atomic E-state index is 12.6. The number of esters is 2. The summed E-state index contributed by atoms with van der Waals surface area (Å²) in [5, 5.41) is 0. The normalized spacial score (nSPS) is 14.0. The highest BCUT2D eigenvalue weighted by Gasteiger charge is 2.27. The summed E-state index contributed by atoms with van der Waals surface area (Å²) in [7, 11) is 1.46. The minimum atomic E-state index is -4.38. The zero-order valence-corrected chi connectivity index (χ0v) is 35.6. The van der Waals surface area contributed by atoms with Crippen molar-refractivity contribution in [2.75, 3.05) is 47.5 Å². The Morgan fingerprint density at radius 1 is 0.585 bits per heavy atom. The van der Waals surface area contributed by atoms with Crippen molar-refractivity contribution < 1.29 is 42.1 Å². The molecule has 0 aliphatic rings. The highest BCUT2D eigenvalue weighted by atomic mass is 31.2. The second kappa shape index (κ2) is 35.9. The van der Waals surface area contributed by atoms with E-state index in [1.165, 1.54) is 57.8 Å². The van der Waals surface area contributed by atoms with Crippen LogP contribution in [0.4, 0.5) is 0 Å². The van der Waals surface area contributed by atoms with E-state index in [1.54, 1.807) is 0 Å². The Morgan fingerprint density at radius 3 is 1.58 bits per heavy atom. The standard InChI is InChI=1S/C43H80NO8P/c1-6-8-10-12-14-16-18-20-21-22-24-25-27-29-31-33-35-42(45)49-39-41(40-51-53(47,48)50-38-37-44(3,4)5)52-43(46)36-34-32-30-28-26-23-19-17-15-13-11-9-7-2/h11,13,17,19,21-22,41H,6-10,12,14-16,18,20,23-40H2,1-5H3/p+1/b13-11-,19-17-,22-21-. The number of hydrogen-bond donors (Lipinski definition) is 1. The highest BCUT2D eigenvalue weighted by Crippen LogP contribution is 2.43. The molecular formula is C43H81NO8P+. The van der Waals surface area contributed by atoms with Gasteiger partial charge in [-0.25, -0.2) is 4.57 Å². The average molecular weight is 771 g/mol. The summed E-state index contributed by atoms with van der Waals surface area (Å²) in [6, 6.07) is 0. The Labute approximate surface area is 325 Å². The first-order valence-electron chi connectivity index (χ1n) is 21.2. The van der Waals surface area contributed by atoms with E-state index in [9.17, 15) is 19.0 Å². The zero-order chi connectivity index (χ0) is 39.3. The molecule has 2 unspecified atom stereocenters. The smallest absolute Gasteiger partial charge is 0.462 e. The van der Waals surface area contributed by atoms with E-state index in [0.717, 1.165) is 83.5 Å². The first-order valence-corrected chi connectivity index (χ1v) is 22.7. The Bertz CT molecular complexity index is 1010. The summed E-state index contributed by atoms with van der Waals surface area (Å²) >= 11 is 0. The third-order valence-corrected chi connectivity index (χ3v) is 9.86. The fourth-order valence-corrected chi connectivity index (χ4v) is 6.26. The number of allylic oxidation sites excluding steroid dienone is 6. The van der Waals surface area contributed by atoms with Crippen molar-refractivity contribution >= 4 is 19.8 Å². The van der Waals surface area contributed by atoms with Gasteiger partial charge in [-0.05, 0) is 64.2 Å². The van der Waals surface area contributed by atoms with E-state index in [2.05, 4.69) is 50.3 Å². The number of phosphoric ester groups is 1. The van der Waals surface area contributed by atoms with Gasteiger partial charge in [0.05, 0.1) is 27.7 Å². The van der Waals surface area contributed by atoms with E-state index in [1.807, 2.05) is 21.1 Å². The van der Waals surface area contributed by atoms with Gasteiger partial charge in [0.2, 0.25) is 0 Å². The molecule has 0 saturated carbocycles. The lowest BCUT2D eigenvalue weighted by Gasteiger charge is -2.24. The van der Waals surface area contributed by atoms with Crippen LogP contribution in [-0.4, -0.2) is 74.9 Å². The van der Waals surface area contributed by atoms with Crippen LogP contribution in [0.5, 0.6) is 0 Å². The fourth-order valence-electron chi connectivity index (χ4n) is 5.52. The van der Waals surface area contributed by atoms with Crippen LogP contribution in [0.3, 0.4) is 0 Å². The number of nitrogens with zero attached hydrogens (tertiary/aromatic N) is 1. The van der Waals surface area contributed by atoms with Gasteiger partial charge in [-0.2, -0.15) is 0 Å². The molecule has 0 aromatic rings. The van der Waals surface area contributed by atoms with E-state index in [-0.39, 0.29) is 32.0 Å². The molecule has 0 aromatic carbocycles. The molecule has 0 amide bonds. The van der Waals surface area contributed by atoms with Crippen molar-refractivity contribution in [1.82, 2.24) is 0 Å². The summed E-state index contributed by atoms with van der Waals surface area (Å²) in [6.45, 7) is 4.32. The molecular weight excluding hydrogens is 689 g/mol. The van der Waals surface area contributed by atoms with Gasteiger partial charge in [0, 0.05) is 12.8 Å². The van der Waals surface area contributed by atoms with E-state index >= 15 is 0 Å². The molecule has 0 rings (SSSR count). The largest absolute Gasteiger partial charge is 0.472 e. The minimum Gasteiger partial charge on any atom is -0.462 e. The lowest BCUT2D eigenvalue weighted by molar-refractivity contribution is -0.870. The number of unbranched alkanes of at least 4 members (excludes halogenated alkanes) is 18. The number of ether oxygens (including phenoxy) is 2. The van der Waals surface area contributed by atoms with Crippen molar-refractivity contribution in [3.8, 4) is 0 Å². The summed E-state index contributed by atoms with van der Waals surface area (Å²) in [4.78, 5) is 35.3. The molecule has 0 aliphatic heterocycles. The third kappa shape index (κ3) is 39.7. The van der Waals surface area contributed by atoms with Gasteiger partial charge < -0.3 is 18.9 Å². The number of carbonyl (C=O) groups is 2. The van der Waals surface area contributed by atoms with Crippen molar-refractivity contribution in [2.45, 2.75) is 180 Å². The Kier molecular flexibility index (Phi) is 34.7. The minimum absolute atomic E-state index is 0.0272. The molecule has 0 bridgehead atoms. The van der Waals surface area contributed by atoms with Gasteiger partial charge in [-0.1, -0.05) is 134 Å². The van der Waals surface area contributed by atoms with Gasteiger partial charge in [0.1, 0.15) is 19.8 Å². The van der Waals surface area contributed by atoms with Gasteiger partial charge in [-0.3, -0.25) is 18.6 Å². The lowest BCUT2D eigenvalue weighted by atomic mass is 10.1. The van der Waals surface area contributed by atoms with Crippen LogP contribution in [0.15, 0.2) is 36.5 Å². The topological polar surface area (TPSA) is 108 Å². The molecule has 0 radical (unpaired) electrons. The molecule has 2 atom stereocenters. The second-order valence-electron chi connectivity index (χ2n) is 15.4. The summed E-state index contributed by atoms with van der Waals surface area (Å²) in [5.41, 5.74) is 0. The fraction of sp³-hybridized carbons (Fsp3) is 0.814. The summed E-state index contributed by atoms with van der Waals surface area (Å²) < 4.78 is 34.2. The molecule has 53 heavy (non-hydrogen) atoms. The number of carbonyl (C=O) groups excluding carboxylic acids is 2. The van der Waals surface area contributed by atoms with Crippen LogP contribution in [0.1, 0.15) is 174 Å². The molecule has 310 valence electrons. The summed E-state index contributed by atoms with van der Waals surface area (Å²) in [6.07, 6.45) is 39.0. The number of phosphoric acid groups is 1. The van der Waals surface area contributed by atoms with Crippen LogP contribution in [0.2, 0.25) is 0 Å². The Hall–Kier alpha value is -1.77. The third-order valence-electron chi connectivity index (χ3n) is 8.87. The highest BCUT2D eigenvalue weighted by molar-refractivity contribution is 7.47. The first-order chi connectivity index (χ1) is 25.5. The van der Waals surface area contributed by atoms with Crippen molar-refractivity contribution in [2.24, 2.45) is 0 Å². The van der Waals surface area contributed by atoms with Crippen molar-refractivity contribution in [3.05, 3.63) is 36.5 Å². The van der Waals surface area contributed by atoms with Gasteiger partial charge in [0.15, 0.2) is 6.10 Å². The predicted molar refractivity (Wildman–Crippen MR) is 220 cm³/mol. The Morgan fingerprint density at radius 2 is 1.06 bits per heavy atom. The molecule has 0 aromatic heterocycles. The van der Waals surface area contributed by atoms with Crippen LogP contribution in [0, 0.1) is 0 Å². The molecule has 0 spiro atoms. The van der Waals surface area contributed by atoms with Crippen LogP contribution >= 0.6 is 7.82 Å². The van der Waals surface area contributed by atoms with Crippen molar-refractivity contribution in [1.29, 1.82) is 0 Å². The van der Waals surface area contributed by atoms with Crippen LogP contribution < -0.4 is 0 Å². The SMILES string of the molecule is CCC/C=C\C/C=C\CCCCCCCC(=O)OC(COC(=O)CCCCCCC/C=C\CCCCCCCCC)COP(=O)(O)OCC[N+](C)(C)C. The quantitative estimate of drug-likeness (QED) is 0.0217. The molecule has 9 nitrogen and oxygen atoms in total. The average Bonchev–Trinajstić information content (AvgIpc) is 3.10. The molecule has 10 heteroatoms. The Balaban J connectivity index is 4.40. The lowest BCUT2D eigenvalue weighted by Crippen LogP contribution is -2.37. The number of likely N-dealkylation sites (N-methyl/N-ethyl adjacent to an activating group) is 1. The maximum absolute atomic E-state index is 12.6. The van der Waals surface area contributed by atoms with Crippen molar-refractivity contribution in [3.63, 3.8) is 0 Å². The van der Waals surface area contributed by atoms with Crippen LogP contribution in [0.25, 0.3) is 0 Å². The van der Waals surface area contributed by atoms with E-state index < -0.39 is 26.5 Å². The molecule has 0 heterocycles. The molecule has 1 N–H and O–H groups in total. The molecule has 0 fully saturated rings. The van der Waals surface area contributed by atoms with E-state index in [0.29, 0.717) is 17.4 Å². The predicted octanol–water partition coefficient (Wildman–Crippen LogP) is 11.7. The number of quaternary nitrogens is 1. The molecule has 0 aliphatic carbocycles. The second-order valence-corrected chi connectivity index (χ2v) is 16.8. The molecule has 0 saturated heterocycles. The van der Waals surface area contributed by atoms with Crippen LogP contribution in [-0.2, 0) is 32.7 Å². The zero-order valence-electron chi connectivity index (χ0n) is 34.7. The maximum Gasteiger partial charge on any atom is 0.472 e.